The summed E-state index contributed by atoms with van der Waals surface area (Å²) in [6.07, 6.45) is 4.62. The third-order valence-corrected chi connectivity index (χ3v) is 5.54. The summed E-state index contributed by atoms with van der Waals surface area (Å²) in [4.78, 5) is 28.9. The predicted octanol–water partition coefficient (Wildman–Crippen LogP) is 2.71. The van der Waals surface area contributed by atoms with E-state index in [4.69, 9.17) is 0 Å². The van der Waals surface area contributed by atoms with Crippen molar-refractivity contribution in [3.63, 3.8) is 0 Å². The smallest absolute Gasteiger partial charge is 0.227 e. The molecular weight excluding hydrogens is 300 g/mol. The summed E-state index contributed by atoms with van der Waals surface area (Å²) in [5.41, 5.74) is 3.56. The largest absolute Gasteiger partial charge is 0.341 e. The first-order valence-corrected chi connectivity index (χ1v) is 9.17. The molecule has 0 atom stereocenters. The maximum atomic E-state index is 12.6. The Hall–Kier alpha value is -1.84. The molecule has 1 aromatic rings. The Morgan fingerprint density at radius 3 is 2.33 bits per heavy atom. The van der Waals surface area contributed by atoms with Crippen LogP contribution in [0.3, 0.4) is 0 Å². The molecule has 130 valence electrons. The second-order valence-corrected chi connectivity index (χ2v) is 7.28. The molecule has 1 heterocycles. The van der Waals surface area contributed by atoms with Crippen LogP contribution in [0.15, 0.2) is 18.2 Å². The number of aryl methyl sites for hydroxylation is 2. The highest BCUT2D eigenvalue weighted by Gasteiger charge is 2.30. The standard InChI is InChI=1S/C20H28N2O2/c1-15-7-8-17(13-16(15)2)14-19(23)21-9-4-10-22(12-11-21)20(24)18-5-3-6-18/h7-8,13,18H,3-6,9-12,14H2,1-2H3. The van der Waals surface area contributed by atoms with Crippen molar-refractivity contribution in [3.8, 4) is 0 Å². The molecule has 1 aliphatic carbocycles. The Kier molecular flexibility index (Phi) is 5.22. The van der Waals surface area contributed by atoms with Gasteiger partial charge in [0.2, 0.25) is 11.8 Å². The monoisotopic (exact) mass is 328 g/mol. The SMILES string of the molecule is Cc1ccc(CC(=O)N2CCCN(C(=O)C3CCC3)CC2)cc1C. The van der Waals surface area contributed by atoms with Gasteiger partial charge < -0.3 is 9.80 Å². The normalized spacial score (nSPS) is 18.9. The molecule has 1 saturated carbocycles. The molecule has 0 radical (unpaired) electrons. The minimum atomic E-state index is 0.177. The Bertz CT molecular complexity index is 622. The minimum absolute atomic E-state index is 0.177. The van der Waals surface area contributed by atoms with Crippen molar-refractivity contribution in [2.24, 2.45) is 5.92 Å². The van der Waals surface area contributed by atoms with Crippen LogP contribution in [-0.2, 0) is 16.0 Å². The molecule has 0 aromatic heterocycles. The molecule has 1 saturated heterocycles. The van der Waals surface area contributed by atoms with Gasteiger partial charge in [-0.05, 0) is 49.8 Å². The van der Waals surface area contributed by atoms with Gasteiger partial charge in [-0.15, -0.1) is 0 Å². The Morgan fingerprint density at radius 2 is 1.67 bits per heavy atom. The van der Waals surface area contributed by atoms with Crippen molar-refractivity contribution in [3.05, 3.63) is 34.9 Å². The van der Waals surface area contributed by atoms with E-state index in [1.807, 2.05) is 15.9 Å². The Morgan fingerprint density at radius 1 is 0.958 bits per heavy atom. The number of nitrogens with zero attached hydrogens (tertiary/aromatic N) is 2. The van der Waals surface area contributed by atoms with Gasteiger partial charge >= 0.3 is 0 Å². The molecule has 2 aliphatic rings. The third-order valence-electron chi connectivity index (χ3n) is 5.54. The fourth-order valence-electron chi connectivity index (χ4n) is 3.50. The molecule has 3 rings (SSSR count). The van der Waals surface area contributed by atoms with Crippen LogP contribution >= 0.6 is 0 Å². The lowest BCUT2D eigenvalue weighted by Gasteiger charge is -2.31. The maximum absolute atomic E-state index is 12.6. The third kappa shape index (κ3) is 3.80. The van der Waals surface area contributed by atoms with Crippen molar-refractivity contribution in [1.29, 1.82) is 0 Å². The van der Waals surface area contributed by atoms with Gasteiger partial charge in [-0.3, -0.25) is 9.59 Å². The fourth-order valence-corrected chi connectivity index (χ4v) is 3.50. The highest BCUT2D eigenvalue weighted by molar-refractivity contribution is 5.80. The molecule has 1 aliphatic heterocycles. The van der Waals surface area contributed by atoms with E-state index in [1.54, 1.807) is 0 Å². The van der Waals surface area contributed by atoms with E-state index in [2.05, 4.69) is 26.0 Å². The van der Waals surface area contributed by atoms with Crippen LogP contribution in [0.2, 0.25) is 0 Å². The van der Waals surface area contributed by atoms with Gasteiger partial charge in [0.25, 0.3) is 0 Å². The van der Waals surface area contributed by atoms with Crippen LogP contribution in [0.5, 0.6) is 0 Å². The summed E-state index contributed by atoms with van der Waals surface area (Å²) in [5, 5.41) is 0. The van der Waals surface area contributed by atoms with Crippen LogP contribution in [0.4, 0.5) is 0 Å². The molecular formula is C20H28N2O2. The average molecular weight is 328 g/mol. The van der Waals surface area contributed by atoms with Gasteiger partial charge in [0.05, 0.1) is 6.42 Å². The van der Waals surface area contributed by atoms with Crippen molar-refractivity contribution >= 4 is 11.8 Å². The van der Waals surface area contributed by atoms with Crippen LogP contribution in [0.1, 0.15) is 42.4 Å². The molecule has 24 heavy (non-hydrogen) atoms. The van der Waals surface area contributed by atoms with Gasteiger partial charge in [-0.1, -0.05) is 24.6 Å². The Balaban J connectivity index is 1.55. The zero-order valence-electron chi connectivity index (χ0n) is 14.9. The molecule has 0 bridgehead atoms. The minimum Gasteiger partial charge on any atom is -0.341 e. The summed E-state index contributed by atoms with van der Waals surface area (Å²) < 4.78 is 0. The summed E-state index contributed by atoms with van der Waals surface area (Å²) in [6, 6.07) is 6.24. The first-order valence-electron chi connectivity index (χ1n) is 9.17. The van der Waals surface area contributed by atoms with E-state index < -0.39 is 0 Å². The molecule has 2 fully saturated rings. The molecule has 0 spiro atoms. The first kappa shape index (κ1) is 17.0. The molecule has 0 unspecified atom stereocenters. The van der Waals surface area contributed by atoms with Gasteiger partial charge in [0, 0.05) is 32.1 Å². The number of hydrogen-bond acceptors (Lipinski definition) is 2. The first-order chi connectivity index (χ1) is 11.5. The summed E-state index contributed by atoms with van der Waals surface area (Å²) in [6.45, 7) is 7.08. The topological polar surface area (TPSA) is 40.6 Å². The molecule has 0 N–H and O–H groups in total. The molecule has 2 amide bonds. The number of carbonyl (C=O) groups is 2. The van der Waals surface area contributed by atoms with Crippen LogP contribution < -0.4 is 0 Å². The van der Waals surface area contributed by atoms with Gasteiger partial charge in [-0.25, -0.2) is 0 Å². The van der Waals surface area contributed by atoms with E-state index in [1.165, 1.54) is 17.5 Å². The number of hydrogen-bond donors (Lipinski definition) is 0. The van der Waals surface area contributed by atoms with E-state index >= 15 is 0 Å². The average Bonchev–Trinajstić information content (AvgIpc) is 2.75. The van der Waals surface area contributed by atoms with Gasteiger partial charge in [0.15, 0.2) is 0 Å². The van der Waals surface area contributed by atoms with Gasteiger partial charge in [0.1, 0.15) is 0 Å². The highest BCUT2D eigenvalue weighted by Crippen LogP contribution is 2.28. The van der Waals surface area contributed by atoms with E-state index in [-0.39, 0.29) is 11.8 Å². The fraction of sp³-hybridized carbons (Fsp3) is 0.600. The lowest BCUT2D eigenvalue weighted by atomic mass is 9.84. The van der Waals surface area contributed by atoms with E-state index in [9.17, 15) is 9.59 Å². The Labute approximate surface area is 144 Å². The highest BCUT2D eigenvalue weighted by atomic mass is 16.2. The maximum Gasteiger partial charge on any atom is 0.227 e. The molecule has 1 aromatic carbocycles. The van der Waals surface area contributed by atoms with Crippen LogP contribution in [0.25, 0.3) is 0 Å². The number of benzene rings is 1. The van der Waals surface area contributed by atoms with Crippen LogP contribution in [0, 0.1) is 19.8 Å². The lowest BCUT2D eigenvalue weighted by Crippen LogP contribution is -2.41. The molecule has 4 nitrogen and oxygen atoms in total. The summed E-state index contributed by atoms with van der Waals surface area (Å²) >= 11 is 0. The van der Waals surface area contributed by atoms with Gasteiger partial charge in [-0.2, -0.15) is 0 Å². The van der Waals surface area contributed by atoms with Crippen LogP contribution in [-0.4, -0.2) is 47.8 Å². The number of carbonyl (C=O) groups excluding carboxylic acids is 2. The van der Waals surface area contributed by atoms with E-state index in [0.717, 1.165) is 37.9 Å². The number of rotatable bonds is 3. The molecule has 4 heteroatoms. The second kappa shape index (κ2) is 7.37. The quantitative estimate of drug-likeness (QED) is 0.856. The van der Waals surface area contributed by atoms with Crippen molar-refractivity contribution in [1.82, 2.24) is 9.80 Å². The number of amides is 2. The zero-order valence-corrected chi connectivity index (χ0v) is 14.9. The van der Waals surface area contributed by atoms with Crippen molar-refractivity contribution in [2.75, 3.05) is 26.2 Å². The van der Waals surface area contributed by atoms with E-state index in [0.29, 0.717) is 25.4 Å². The zero-order chi connectivity index (χ0) is 17.1. The predicted molar refractivity (Wildman–Crippen MR) is 94.7 cm³/mol. The lowest BCUT2D eigenvalue weighted by molar-refractivity contribution is -0.138. The summed E-state index contributed by atoms with van der Waals surface area (Å²) in [5.74, 6) is 0.740. The second-order valence-electron chi connectivity index (χ2n) is 7.28. The van der Waals surface area contributed by atoms with Crippen molar-refractivity contribution in [2.45, 2.75) is 46.0 Å². The summed E-state index contributed by atoms with van der Waals surface area (Å²) in [7, 11) is 0. The van der Waals surface area contributed by atoms with Crippen molar-refractivity contribution < 1.29 is 9.59 Å².